The number of halogens is 1. The predicted octanol–water partition coefficient (Wildman–Crippen LogP) is 2.87. The molecule has 1 amide bonds. The molecule has 2 saturated heterocycles. The molecule has 44 heavy (non-hydrogen) atoms. The van der Waals surface area contributed by atoms with Crippen molar-refractivity contribution < 1.29 is 35.3 Å². The minimum Gasteiger partial charge on any atom is -0.464 e. The largest absolute Gasteiger partial charge is 0.464 e. The average molecular weight is 665 g/mol. The first-order valence-electron chi connectivity index (χ1n) is 14.0. The summed E-state index contributed by atoms with van der Waals surface area (Å²) >= 11 is 6.07. The summed E-state index contributed by atoms with van der Waals surface area (Å²) in [5.74, 6) is -1.40. The molecule has 236 valence electrons. The Hall–Kier alpha value is -3.30. The number of carbonyl (C=O) groups excluding carboxylic acids is 2. The van der Waals surface area contributed by atoms with E-state index in [2.05, 4.69) is 9.88 Å². The monoisotopic (exact) mass is 664 g/mol. The van der Waals surface area contributed by atoms with Crippen LogP contribution in [0.15, 0.2) is 65.8 Å². The van der Waals surface area contributed by atoms with Gasteiger partial charge < -0.3 is 14.5 Å². The Labute approximate surface area is 261 Å². The third kappa shape index (κ3) is 7.32. The Morgan fingerprint density at radius 1 is 1.00 bits per heavy atom. The summed E-state index contributed by atoms with van der Waals surface area (Å²) in [4.78, 5) is 33.3. The van der Waals surface area contributed by atoms with E-state index in [1.165, 1.54) is 24.0 Å². The van der Waals surface area contributed by atoms with Gasteiger partial charge in [0.1, 0.15) is 6.61 Å². The maximum atomic E-state index is 14.0. The Balaban J connectivity index is 1.44. The highest BCUT2D eigenvalue weighted by atomic mass is 35.5. The van der Waals surface area contributed by atoms with Crippen LogP contribution in [-0.4, -0.2) is 94.2 Å². The molecule has 2 atom stereocenters. The van der Waals surface area contributed by atoms with Gasteiger partial charge in [-0.05, 0) is 65.9 Å². The van der Waals surface area contributed by atoms with Gasteiger partial charge >= 0.3 is 5.97 Å². The van der Waals surface area contributed by atoms with Crippen molar-refractivity contribution in [3.8, 4) is 0 Å². The SMILES string of the molecule is CC(=O)OCC1CN(S(=O)(=O)c2ccc3cc(Cl)ccc3c2)C(OS(C)(=O)=O)C(=O)N1CC1CCN(c2ccncc2)CC1. The van der Waals surface area contributed by atoms with Crippen molar-refractivity contribution in [2.75, 3.05) is 43.9 Å². The lowest BCUT2D eigenvalue weighted by molar-refractivity contribution is -0.160. The summed E-state index contributed by atoms with van der Waals surface area (Å²) in [5.41, 5.74) is 1.04. The Kier molecular flexibility index (Phi) is 9.47. The lowest BCUT2D eigenvalue weighted by atomic mass is 9.94. The molecule has 5 rings (SSSR count). The number of rotatable bonds is 9. The van der Waals surface area contributed by atoms with E-state index in [-0.39, 0.29) is 30.5 Å². The lowest BCUT2D eigenvalue weighted by Gasteiger charge is -2.45. The first-order chi connectivity index (χ1) is 20.8. The van der Waals surface area contributed by atoms with Crippen LogP contribution in [0.2, 0.25) is 5.02 Å². The number of nitrogens with zero attached hydrogens (tertiary/aromatic N) is 4. The number of ether oxygens (including phenoxy) is 1. The summed E-state index contributed by atoms with van der Waals surface area (Å²) in [6.07, 6.45) is 3.70. The summed E-state index contributed by atoms with van der Waals surface area (Å²) in [6.45, 7) is 2.25. The number of piperidine rings is 1. The van der Waals surface area contributed by atoms with Crippen molar-refractivity contribution in [2.24, 2.45) is 5.92 Å². The van der Waals surface area contributed by atoms with E-state index in [0.29, 0.717) is 15.8 Å². The smallest absolute Gasteiger partial charge is 0.302 e. The molecule has 2 unspecified atom stereocenters. The van der Waals surface area contributed by atoms with Crippen LogP contribution in [0.3, 0.4) is 0 Å². The molecule has 12 nitrogen and oxygen atoms in total. The van der Waals surface area contributed by atoms with Gasteiger partial charge in [0.05, 0.1) is 17.2 Å². The quantitative estimate of drug-likeness (QED) is 0.247. The lowest BCUT2D eigenvalue weighted by Crippen LogP contribution is -2.65. The summed E-state index contributed by atoms with van der Waals surface area (Å²) in [5, 5.41) is 1.76. The average Bonchev–Trinajstić information content (AvgIpc) is 2.98. The molecule has 0 radical (unpaired) electrons. The highest BCUT2D eigenvalue weighted by molar-refractivity contribution is 7.89. The van der Waals surface area contributed by atoms with Crippen LogP contribution in [-0.2, 0) is 38.7 Å². The first-order valence-corrected chi connectivity index (χ1v) is 17.6. The standard InChI is InChI=1S/C29H33ClN4O8S2/c1-20(35)41-19-26-18-34(44(39,40)27-6-4-22-15-24(30)5-3-23(22)16-27)29(42-43(2,37)38)28(36)33(26)17-21-9-13-32(14-10-21)25-7-11-31-12-8-25/h3-8,11-12,15-16,21,26,29H,9-10,13-14,17-19H2,1-2H3. The number of benzene rings is 2. The maximum Gasteiger partial charge on any atom is 0.302 e. The molecular formula is C29H33ClN4O8S2. The highest BCUT2D eigenvalue weighted by Gasteiger charge is 2.49. The minimum atomic E-state index is -4.47. The molecule has 2 aromatic carbocycles. The molecule has 2 fully saturated rings. The van der Waals surface area contributed by atoms with Gasteiger partial charge in [-0.25, -0.2) is 12.6 Å². The molecular weight excluding hydrogens is 632 g/mol. The van der Waals surface area contributed by atoms with Gasteiger partial charge in [0.15, 0.2) is 0 Å². The number of carbonyl (C=O) groups is 2. The topological polar surface area (TPSA) is 143 Å². The second-order valence-corrected chi connectivity index (χ2v) is 14.9. The number of sulfonamides is 1. The van der Waals surface area contributed by atoms with E-state index in [4.69, 9.17) is 20.5 Å². The number of fused-ring (bicyclic) bond motifs is 1. The number of hydrogen-bond acceptors (Lipinski definition) is 10. The zero-order valence-electron chi connectivity index (χ0n) is 24.2. The molecule has 0 aliphatic carbocycles. The number of pyridine rings is 1. The van der Waals surface area contributed by atoms with Gasteiger partial charge in [-0.3, -0.25) is 14.6 Å². The summed E-state index contributed by atoms with van der Waals surface area (Å²) in [7, 11) is -8.75. The van der Waals surface area contributed by atoms with Crippen LogP contribution in [0.25, 0.3) is 10.8 Å². The van der Waals surface area contributed by atoms with Gasteiger partial charge in [-0.15, -0.1) is 0 Å². The van der Waals surface area contributed by atoms with Gasteiger partial charge in [0.25, 0.3) is 16.0 Å². The van der Waals surface area contributed by atoms with Crippen molar-refractivity contribution in [1.82, 2.24) is 14.2 Å². The van der Waals surface area contributed by atoms with Crippen LogP contribution in [0.1, 0.15) is 19.8 Å². The molecule has 15 heteroatoms. The number of aromatic nitrogens is 1. The van der Waals surface area contributed by atoms with E-state index < -0.39 is 44.3 Å². The number of esters is 1. The molecule has 2 aliphatic rings. The Morgan fingerprint density at radius 2 is 1.66 bits per heavy atom. The second-order valence-electron chi connectivity index (χ2n) is 11.0. The van der Waals surface area contributed by atoms with Gasteiger partial charge in [-0.1, -0.05) is 23.7 Å². The summed E-state index contributed by atoms with van der Waals surface area (Å²) in [6, 6.07) is 12.3. The number of hydrogen-bond donors (Lipinski definition) is 0. The molecule has 0 saturated carbocycles. The van der Waals surface area contributed by atoms with Crippen molar-refractivity contribution >= 4 is 60.1 Å². The van der Waals surface area contributed by atoms with Crippen LogP contribution < -0.4 is 4.90 Å². The van der Waals surface area contributed by atoms with Crippen LogP contribution in [0.4, 0.5) is 5.69 Å². The van der Waals surface area contributed by atoms with Crippen LogP contribution >= 0.6 is 11.6 Å². The molecule has 2 aliphatic heterocycles. The predicted molar refractivity (Wildman–Crippen MR) is 164 cm³/mol. The van der Waals surface area contributed by atoms with Crippen molar-refractivity contribution in [2.45, 2.75) is 36.9 Å². The third-order valence-corrected chi connectivity index (χ3v) is 10.4. The number of piperazine rings is 1. The third-order valence-electron chi connectivity index (χ3n) is 7.81. The van der Waals surface area contributed by atoms with E-state index in [1.807, 2.05) is 12.1 Å². The number of anilines is 1. The van der Waals surface area contributed by atoms with E-state index in [1.54, 1.807) is 36.7 Å². The Morgan fingerprint density at radius 3 is 2.32 bits per heavy atom. The van der Waals surface area contributed by atoms with Crippen LogP contribution in [0.5, 0.6) is 0 Å². The fourth-order valence-corrected chi connectivity index (χ4v) is 7.91. The number of amides is 1. The highest BCUT2D eigenvalue weighted by Crippen LogP contribution is 2.31. The van der Waals surface area contributed by atoms with Crippen molar-refractivity contribution in [1.29, 1.82) is 0 Å². The van der Waals surface area contributed by atoms with E-state index in [0.717, 1.165) is 42.2 Å². The molecule has 3 heterocycles. The zero-order chi connectivity index (χ0) is 31.6. The maximum absolute atomic E-state index is 14.0. The normalized spacial score (nSPS) is 20.7. The molecule has 3 aromatic rings. The van der Waals surface area contributed by atoms with E-state index in [9.17, 15) is 26.4 Å². The van der Waals surface area contributed by atoms with Crippen molar-refractivity contribution in [3.05, 3.63) is 65.9 Å². The van der Waals surface area contributed by atoms with Gasteiger partial charge in [0, 0.05) is 56.2 Å². The Bertz CT molecular complexity index is 1750. The van der Waals surface area contributed by atoms with Gasteiger partial charge in [0.2, 0.25) is 16.3 Å². The van der Waals surface area contributed by atoms with Gasteiger partial charge in [-0.2, -0.15) is 12.7 Å². The van der Waals surface area contributed by atoms with E-state index >= 15 is 0 Å². The first kappa shape index (κ1) is 32.1. The molecule has 0 spiro atoms. The zero-order valence-corrected chi connectivity index (χ0v) is 26.6. The molecule has 1 aromatic heterocycles. The van der Waals surface area contributed by atoms with Crippen molar-refractivity contribution in [3.63, 3.8) is 0 Å². The molecule has 0 bridgehead atoms. The fraction of sp³-hybridized carbons (Fsp3) is 0.414. The van der Waals surface area contributed by atoms with Crippen LogP contribution in [0, 0.1) is 5.92 Å². The fourth-order valence-electron chi connectivity index (χ4n) is 5.62. The second kappa shape index (κ2) is 13.0. The summed E-state index contributed by atoms with van der Waals surface area (Å²) < 4.78 is 63.9. The minimum absolute atomic E-state index is 0.0335. The molecule has 0 N–H and O–H groups in total.